The molecule has 0 saturated carbocycles. The normalized spacial score (nSPS) is 10.2. The van der Waals surface area contributed by atoms with Gasteiger partial charge < -0.3 is 28.0 Å². The molecule has 9 heteroatoms. The van der Waals surface area contributed by atoms with Gasteiger partial charge in [-0.3, -0.25) is 0 Å². The maximum Gasteiger partial charge on any atom is 0.331 e. The fourth-order valence-corrected chi connectivity index (χ4v) is 2.94. The number of halogens is 1. The zero-order valence-corrected chi connectivity index (χ0v) is 14.5. The highest BCUT2D eigenvalue weighted by atomic mass is 35.5. The molecule has 0 radical (unpaired) electrons. The number of ether oxygens (including phenoxy) is 1. The second kappa shape index (κ2) is 8.76. The number of aryl methyl sites for hydroxylation is 1. The Morgan fingerprint density at radius 2 is 2.22 bits per heavy atom. The number of carbonyl (C=O) groups is 1. The Balaban J connectivity index is 0.00000264. The van der Waals surface area contributed by atoms with Crippen molar-refractivity contribution in [3.8, 4) is 0 Å². The Morgan fingerprint density at radius 1 is 1.48 bits per heavy atom. The number of carbonyl (C=O) groups excluding carboxylic acids is 1. The lowest BCUT2D eigenvalue weighted by atomic mass is 10.2. The average Bonchev–Trinajstić information content (AvgIpc) is 2.83. The van der Waals surface area contributed by atoms with Gasteiger partial charge >= 0.3 is 5.97 Å². The van der Waals surface area contributed by atoms with Crippen molar-refractivity contribution in [1.29, 1.82) is 0 Å². The number of aliphatic hydroxyl groups excluding tert-OH is 1. The third-order valence-corrected chi connectivity index (χ3v) is 4.38. The molecule has 3 N–H and O–H groups in total. The average molecular weight is 359 g/mol. The molecule has 0 atom stereocenters. The number of esters is 1. The number of rotatable bonds is 6. The van der Waals surface area contributed by atoms with Gasteiger partial charge in [-0.2, -0.15) is 4.57 Å². The summed E-state index contributed by atoms with van der Waals surface area (Å²) in [5.74, 6) is 0.537. The monoisotopic (exact) mass is 358 g/mol. The largest absolute Gasteiger partial charge is 1.00 e. The molecule has 0 saturated heterocycles. The predicted molar refractivity (Wildman–Crippen MR) is 81.3 cm³/mol. The van der Waals surface area contributed by atoms with E-state index in [1.54, 1.807) is 24.5 Å². The van der Waals surface area contributed by atoms with Gasteiger partial charge in [0.05, 0.1) is 17.0 Å². The van der Waals surface area contributed by atoms with Crippen LogP contribution >= 0.6 is 11.3 Å². The molecule has 7 nitrogen and oxygen atoms in total. The zero-order chi connectivity index (χ0) is 16.1. The maximum absolute atomic E-state index is 10.9. The molecule has 0 bridgehead atoms. The molecule has 0 fully saturated rings. The first-order chi connectivity index (χ1) is 10.5. The van der Waals surface area contributed by atoms with E-state index in [4.69, 9.17) is 15.6 Å². The Labute approximate surface area is 144 Å². The number of anilines is 1. The van der Waals surface area contributed by atoms with Gasteiger partial charge in [0.15, 0.2) is 12.2 Å². The van der Waals surface area contributed by atoms with E-state index >= 15 is 0 Å². The molecule has 0 amide bonds. The summed E-state index contributed by atoms with van der Waals surface area (Å²) in [5.41, 5.74) is 9.87. The number of nitrogens with two attached hydrogens (primary N) is 1. The number of hydrogen-bond donors (Lipinski definition) is 2. The molecule has 2 aromatic rings. The lowest BCUT2D eigenvalue weighted by Crippen LogP contribution is -3.00. The maximum atomic E-state index is 10.9. The van der Waals surface area contributed by atoms with E-state index in [0.717, 1.165) is 16.1 Å². The van der Waals surface area contributed by atoms with Gasteiger partial charge in [0.1, 0.15) is 18.2 Å². The summed E-state index contributed by atoms with van der Waals surface area (Å²) in [7, 11) is 0. The number of thiazole rings is 1. The fourth-order valence-electron chi connectivity index (χ4n) is 1.97. The van der Waals surface area contributed by atoms with Gasteiger partial charge in [-0.25, -0.2) is 14.8 Å². The molecule has 0 aliphatic rings. The predicted octanol–water partition coefficient (Wildman–Crippen LogP) is -2.85. The molecule has 2 rings (SSSR count). The first kappa shape index (κ1) is 19.3. The molecule has 0 aromatic carbocycles. The van der Waals surface area contributed by atoms with Crippen LogP contribution in [0, 0.1) is 13.8 Å². The van der Waals surface area contributed by atoms with Crippen molar-refractivity contribution in [3.05, 3.63) is 33.7 Å². The summed E-state index contributed by atoms with van der Waals surface area (Å²) in [5, 5.41) is 8.60. The van der Waals surface area contributed by atoms with E-state index in [1.807, 2.05) is 12.4 Å². The van der Waals surface area contributed by atoms with Gasteiger partial charge in [-0.1, -0.05) is 11.3 Å². The Kier molecular flexibility index (Phi) is 7.34. The van der Waals surface area contributed by atoms with Crippen molar-refractivity contribution in [2.24, 2.45) is 0 Å². The lowest BCUT2D eigenvalue weighted by molar-refractivity contribution is -0.689. The van der Waals surface area contributed by atoms with Gasteiger partial charge in [0, 0.05) is 19.5 Å². The Hall–Kier alpha value is -1.77. The summed E-state index contributed by atoms with van der Waals surface area (Å²) >= 11 is 1.59. The second-order valence-corrected chi connectivity index (χ2v) is 5.76. The van der Waals surface area contributed by atoms with Crippen LogP contribution in [0.15, 0.2) is 11.7 Å². The molecule has 0 spiro atoms. The Bertz CT molecular complexity index is 678. The van der Waals surface area contributed by atoms with E-state index in [2.05, 4.69) is 14.5 Å². The standard InChI is InChI=1S/C14H19N4O3S.ClH/c1-9-12(3-4-21-13(20)7-19)22-8-18(9)6-11-5-16-10(2)17-14(11)15;/h5,8,19H,3-4,6-7H2,1-2H3,(H2,15,16,17);1H/q+1;/p-1. The van der Waals surface area contributed by atoms with Crippen LogP contribution in [-0.2, 0) is 22.5 Å². The highest BCUT2D eigenvalue weighted by Crippen LogP contribution is 2.14. The van der Waals surface area contributed by atoms with E-state index in [-0.39, 0.29) is 19.0 Å². The van der Waals surface area contributed by atoms with Crippen LogP contribution < -0.4 is 22.7 Å². The molecular weight excluding hydrogens is 340 g/mol. The van der Waals surface area contributed by atoms with Gasteiger partial charge in [-0.15, -0.1) is 0 Å². The highest BCUT2D eigenvalue weighted by Gasteiger charge is 2.17. The molecule has 126 valence electrons. The van der Waals surface area contributed by atoms with Crippen molar-refractivity contribution < 1.29 is 31.6 Å². The van der Waals surface area contributed by atoms with Crippen molar-refractivity contribution >= 4 is 23.1 Å². The number of nitrogen functional groups attached to an aromatic ring is 1. The smallest absolute Gasteiger partial charge is 0.331 e. The highest BCUT2D eigenvalue weighted by molar-refractivity contribution is 7.09. The number of hydrogen-bond acceptors (Lipinski definition) is 7. The minimum Gasteiger partial charge on any atom is -1.00 e. The third-order valence-electron chi connectivity index (χ3n) is 3.24. The summed E-state index contributed by atoms with van der Waals surface area (Å²) < 4.78 is 6.95. The first-order valence-electron chi connectivity index (χ1n) is 6.82. The number of aliphatic hydroxyl groups is 1. The summed E-state index contributed by atoms with van der Waals surface area (Å²) in [6.07, 6.45) is 2.36. The molecule has 2 heterocycles. The summed E-state index contributed by atoms with van der Waals surface area (Å²) in [6, 6.07) is 0. The molecule has 0 aliphatic carbocycles. The number of aromatic nitrogens is 3. The van der Waals surface area contributed by atoms with E-state index in [0.29, 0.717) is 24.6 Å². The van der Waals surface area contributed by atoms with Crippen LogP contribution in [0.1, 0.15) is 22.0 Å². The third kappa shape index (κ3) is 5.12. The van der Waals surface area contributed by atoms with Crippen molar-refractivity contribution in [2.45, 2.75) is 26.8 Å². The van der Waals surface area contributed by atoms with Crippen molar-refractivity contribution in [1.82, 2.24) is 9.97 Å². The summed E-state index contributed by atoms with van der Waals surface area (Å²) in [4.78, 5) is 20.3. The topological polar surface area (TPSA) is 102 Å². The van der Waals surface area contributed by atoms with Gasteiger partial charge in [0.25, 0.3) is 0 Å². The minimum absolute atomic E-state index is 0. The Morgan fingerprint density at radius 3 is 2.87 bits per heavy atom. The number of nitrogens with zero attached hydrogens (tertiary/aromatic N) is 3. The molecule has 2 aromatic heterocycles. The van der Waals surface area contributed by atoms with Gasteiger partial charge in [-0.05, 0) is 6.92 Å². The van der Waals surface area contributed by atoms with Gasteiger partial charge in [0.2, 0.25) is 5.51 Å². The van der Waals surface area contributed by atoms with E-state index in [9.17, 15) is 4.79 Å². The quantitative estimate of drug-likeness (QED) is 0.426. The van der Waals surface area contributed by atoms with E-state index < -0.39 is 12.6 Å². The first-order valence-corrected chi connectivity index (χ1v) is 7.70. The van der Waals surface area contributed by atoms with Crippen LogP contribution in [0.2, 0.25) is 0 Å². The molecular formula is C14H19ClN4O3S. The molecule has 23 heavy (non-hydrogen) atoms. The minimum atomic E-state index is -0.605. The van der Waals surface area contributed by atoms with Crippen molar-refractivity contribution in [3.63, 3.8) is 0 Å². The van der Waals surface area contributed by atoms with Crippen LogP contribution in [-0.4, -0.2) is 34.3 Å². The van der Waals surface area contributed by atoms with Crippen LogP contribution in [0.5, 0.6) is 0 Å². The molecule has 0 aliphatic heterocycles. The van der Waals surface area contributed by atoms with E-state index in [1.165, 1.54) is 0 Å². The lowest BCUT2D eigenvalue weighted by Gasteiger charge is -2.02. The van der Waals surface area contributed by atoms with Crippen LogP contribution in [0.25, 0.3) is 0 Å². The summed E-state index contributed by atoms with van der Waals surface area (Å²) in [6.45, 7) is 4.08. The van der Waals surface area contributed by atoms with Crippen molar-refractivity contribution in [2.75, 3.05) is 18.9 Å². The fraction of sp³-hybridized carbons (Fsp3) is 0.429. The second-order valence-electron chi connectivity index (χ2n) is 4.82. The van der Waals surface area contributed by atoms with Crippen LogP contribution in [0.4, 0.5) is 5.82 Å². The van der Waals surface area contributed by atoms with Crippen LogP contribution in [0.3, 0.4) is 0 Å². The molecule has 0 unspecified atom stereocenters. The zero-order valence-electron chi connectivity index (χ0n) is 13.0. The SMILES string of the molecule is Cc1ncc(C[n+]2csc(CCOC(=O)CO)c2C)c(N)n1.[Cl-].